The van der Waals surface area contributed by atoms with E-state index in [-0.39, 0.29) is 28.6 Å². The van der Waals surface area contributed by atoms with Gasteiger partial charge >= 0.3 is 5.69 Å². The molecule has 20 heavy (non-hydrogen) atoms. The van der Waals surface area contributed by atoms with Gasteiger partial charge in [0.1, 0.15) is 6.20 Å². The van der Waals surface area contributed by atoms with Crippen LogP contribution in [0.25, 0.3) is 0 Å². The fourth-order valence-corrected chi connectivity index (χ4v) is 2.47. The van der Waals surface area contributed by atoms with Crippen LogP contribution in [0, 0.1) is 16.0 Å². The Bertz CT molecular complexity index is 531. The number of nitrogens with two attached hydrogens (primary N) is 1. The fraction of sp³-hybridized carbons (Fsp3) is 0.545. The number of hydrogen-bond acceptors (Lipinski definition) is 6. The van der Waals surface area contributed by atoms with Crippen LogP contribution in [-0.2, 0) is 4.79 Å². The molecule has 1 fully saturated rings. The quantitative estimate of drug-likeness (QED) is 0.506. The molecule has 0 spiro atoms. The largest absolute Gasteiger partial charge is 0.370 e. The van der Waals surface area contributed by atoms with Crippen LogP contribution in [0.5, 0.6) is 0 Å². The summed E-state index contributed by atoms with van der Waals surface area (Å²) in [5, 5.41) is 11.0. The van der Waals surface area contributed by atoms with Crippen molar-refractivity contribution in [3.63, 3.8) is 0 Å². The molecule has 1 saturated heterocycles. The summed E-state index contributed by atoms with van der Waals surface area (Å²) < 4.78 is 0. The van der Waals surface area contributed by atoms with Gasteiger partial charge in [-0.05, 0) is 30.4 Å². The van der Waals surface area contributed by atoms with E-state index in [0.717, 1.165) is 19.0 Å². The lowest BCUT2D eigenvalue weighted by Gasteiger charge is -2.31. The lowest BCUT2D eigenvalue weighted by molar-refractivity contribution is -0.384. The first-order valence-electron chi connectivity index (χ1n) is 6.17. The molecule has 2 heterocycles. The molecule has 0 radical (unpaired) electrons. The zero-order valence-corrected chi connectivity index (χ0v) is 11.4. The van der Waals surface area contributed by atoms with Crippen molar-refractivity contribution in [1.29, 1.82) is 0 Å². The molecular formula is C11H14ClN5O3. The summed E-state index contributed by atoms with van der Waals surface area (Å²) in [7, 11) is 0. The number of amides is 1. The van der Waals surface area contributed by atoms with Gasteiger partial charge in [0.25, 0.3) is 0 Å². The van der Waals surface area contributed by atoms with Crippen molar-refractivity contribution in [2.24, 2.45) is 11.7 Å². The second kappa shape index (κ2) is 6.00. The van der Waals surface area contributed by atoms with Crippen LogP contribution in [0.2, 0.25) is 5.28 Å². The summed E-state index contributed by atoms with van der Waals surface area (Å²) in [5.74, 6) is 0.132. The van der Waals surface area contributed by atoms with E-state index in [1.807, 2.05) is 0 Å². The first kappa shape index (κ1) is 14.4. The highest BCUT2D eigenvalue weighted by molar-refractivity contribution is 6.28. The van der Waals surface area contributed by atoms with Crippen LogP contribution < -0.4 is 10.6 Å². The average Bonchev–Trinajstić information content (AvgIpc) is 2.38. The molecule has 108 valence electrons. The molecule has 2 rings (SSSR count). The Morgan fingerprint density at radius 1 is 1.55 bits per heavy atom. The van der Waals surface area contributed by atoms with E-state index in [4.69, 9.17) is 17.3 Å². The number of aromatic nitrogens is 2. The first-order chi connectivity index (χ1) is 9.47. The monoisotopic (exact) mass is 299 g/mol. The van der Waals surface area contributed by atoms with Crippen LogP contribution in [0.15, 0.2) is 6.20 Å². The normalized spacial score (nSPS) is 16.1. The SMILES string of the molecule is NC(=O)CC1CCN(c2nc(Cl)ncc2[N+](=O)[O-])CC1. The van der Waals surface area contributed by atoms with Crippen molar-refractivity contribution in [3.05, 3.63) is 21.6 Å². The summed E-state index contributed by atoms with van der Waals surface area (Å²) >= 11 is 5.71. The van der Waals surface area contributed by atoms with Crippen molar-refractivity contribution < 1.29 is 9.72 Å². The third kappa shape index (κ3) is 3.32. The molecule has 8 nitrogen and oxygen atoms in total. The second-order valence-electron chi connectivity index (χ2n) is 4.71. The molecule has 1 aromatic heterocycles. The Kier molecular flexibility index (Phi) is 4.33. The molecular weight excluding hydrogens is 286 g/mol. The molecule has 0 unspecified atom stereocenters. The Labute approximate surface area is 120 Å². The van der Waals surface area contributed by atoms with E-state index in [1.165, 1.54) is 0 Å². The van der Waals surface area contributed by atoms with Gasteiger partial charge in [-0.25, -0.2) is 4.98 Å². The van der Waals surface area contributed by atoms with Gasteiger partial charge in [-0.2, -0.15) is 4.98 Å². The Morgan fingerprint density at radius 2 is 2.20 bits per heavy atom. The first-order valence-corrected chi connectivity index (χ1v) is 6.55. The number of rotatable bonds is 4. The lowest BCUT2D eigenvalue weighted by atomic mass is 9.93. The van der Waals surface area contributed by atoms with Gasteiger partial charge in [0.2, 0.25) is 17.0 Å². The standard InChI is InChI=1S/C11H14ClN5O3/c12-11-14-6-8(17(19)20)10(15-11)16-3-1-7(2-4-16)5-9(13)18/h6-7H,1-5H2,(H2,13,18). The van der Waals surface area contributed by atoms with Gasteiger partial charge in [-0.3, -0.25) is 14.9 Å². The minimum atomic E-state index is -0.527. The average molecular weight is 300 g/mol. The van der Waals surface area contributed by atoms with Crippen molar-refractivity contribution in [2.75, 3.05) is 18.0 Å². The van der Waals surface area contributed by atoms with E-state index in [9.17, 15) is 14.9 Å². The van der Waals surface area contributed by atoms with Crippen LogP contribution in [0.3, 0.4) is 0 Å². The third-order valence-corrected chi connectivity index (χ3v) is 3.50. The zero-order valence-electron chi connectivity index (χ0n) is 10.7. The van der Waals surface area contributed by atoms with E-state index < -0.39 is 4.92 Å². The highest BCUT2D eigenvalue weighted by atomic mass is 35.5. The number of carbonyl (C=O) groups excluding carboxylic acids is 1. The molecule has 1 aromatic rings. The molecule has 0 atom stereocenters. The number of hydrogen-bond donors (Lipinski definition) is 1. The molecule has 1 amide bonds. The number of carbonyl (C=O) groups is 1. The third-order valence-electron chi connectivity index (χ3n) is 3.32. The van der Waals surface area contributed by atoms with Crippen molar-refractivity contribution in [3.8, 4) is 0 Å². The smallest absolute Gasteiger partial charge is 0.329 e. The number of piperidine rings is 1. The molecule has 0 aromatic carbocycles. The number of anilines is 1. The summed E-state index contributed by atoms with van der Waals surface area (Å²) in [6, 6.07) is 0. The van der Waals surface area contributed by atoms with E-state index in [2.05, 4.69) is 9.97 Å². The van der Waals surface area contributed by atoms with Gasteiger partial charge in [0, 0.05) is 19.5 Å². The van der Waals surface area contributed by atoms with Crippen LogP contribution in [0.1, 0.15) is 19.3 Å². The minimum Gasteiger partial charge on any atom is -0.370 e. The summed E-state index contributed by atoms with van der Waals surface area (Å²) in [4.78, 5) is 30.7. The van der Waals surface area contributed by atoms with E-state index >= 15 is 0 Å². The Balaban J connectivity index is 2.12. The number of primary amides is 1. The maximum Gasteiger partial charge on any atom is 0.329 e. The molecule has 0 saturated carbocycles. The van der Waals surface area contributed by atoms with Gasteiger partial charge in [0.05, 0.1) is 4.92 Å². The fourth-order valence-electron chi connectivity index (χ4n) is 2.34. The lowest BCUT2D eigenvalue weighted by Crippen LogP contribution is -2.36. The zero-order chi connectivity index (χ0) is 14.7. The maximum absolute atomic E-state index is 11.0. The molecule has 0 aliphatic carbocycles. The predicted octanol–water partition coefficient (Wildman–Crippen LogP) is 1.13. The van der Waals surface area contributed by atoms with Crippen LogP contribution in [-0.4, -0.2) is 33.9 Å². The van der Waals surface area contributed by atoms with Crippen molar-refractivity contribution in [2.45, 2.75) is 19.3 Å². The molecule has 2 N–H and O–H groups in total. The maximum atomic E-state index is 11.0. The summed E-state index contributed by atoms with van der Waals surface area (Å²) in [6.45, 7) is 1.15. The summed E-state index contributed by atoms with van der Waals surface area (Å²) in [5.41, 5.74) is 5.01. The Hall–Kier alpha value is -1.96. The Morgan fingerprint density at radius 3 is 2.75 bits per heavy atom. The predicted molar refractivity (Wildman–Crippen MR) is 72.4 cm³/mol. The van der Waals surface area contributed by atoms with Crippen molar-refractivity contribution in [1.82, 2.24) is 9.97 Å². The highest BCUT2D eigenvalue weighted by Gasteiger charge is 2.27. The molecule has 0 bridgehead atoms. The minimum absolute atomic E-state index is 0.0233. The van der Waals surface area contributed by atoms with Gasteiger partial charge in [0.15, 0.2) is 0 Å². The van der Waals surface area contributed by atoms with Crippen LogP contribution in [0.4, 0.5) is 11.5 Å². The van der Waals surface area contributed by atoms with Crippen molar-refractivity contribution >= 4 is 29.0 Å². The molecule has 1 aliphatic heterocycles. The number of nitro groups is 1. The van der Waals surface area contributed by atoms with Gasteiger partial charge in [-0.15, -0.1) is 0 Å². The van der Waals surface area contributed by atoms with E-state index in [0.29, 0.717) is 19.5 Å². The van der Waals surface area contributed by atoms with E-state index in [1.54, 1.807) is 4.90 Å². The molecule has 9 heteroatoms. The topological polar surface area (TPSA) is 115 Å². The molecule has 1 aliphatic rings. The highest BCUT2D eigenvalue weighted by Crippen LogP contribution is 2.30. The number of halogens is 1. The second-order valence-corrected chi connectivity index (χ2v) is 5.04. The summed E-state index contributed by atoms with van der Waals surface area (Å²) in [6.07, 6.45) is 2.93. The van der Waals surface area contributed by atoms with Crippen LogP contribution >= 0.6 is 11.6 Å². The van der Waals surface area contributed by atoms with Gasteiger partial charge in [-0.1, -0.05) is 0 Å². The number of nitrogens with zero attached hydrogens (tertiary/aromatic N) is 4. The van der Waals surface area contributed by atoms with Gasteiger partial charge < -0.3 is 10.6 Å².